The molecule has 23 heavy (non-hydrogen) atoms. The van der Waals surface area contributed by atoms with E-state index in [1.807, 2.05) is 36.4 Å². The summed E-state index contributed by atoms with van der Waals surface area (Å²) in [5.74, 6) is 0. The highest BCUT2D eigenvalue weighted by Gasteiger charge is 2.15. The van der Waals surface area contributed by atoms with Gasteiger partial charge in [0, 0.05) is 27.7 Å². The molecular formula is C18H12BrClN2S. The summed E-state index contributed by atoms with van der Waals surface area (Å²) in [7, 11) is 0. The Labute approximate surface area is 151 Å². The van der Waals surface area contributed by atoms with E-state index in [1.165, 1.54) is 11.3 Å². The molecule has 0 aliphatic carbocycles. The lowest BCUT2D eigenvalue weighted by Gasteiger charge is -2.05. The summed E-state index contributed by atoms with van der Waals surface area (Å²) in [6, 6.07) is 14.1. The number of pyridine rings is 1. The normalized spacial score (nSPS) is 11.2. The second-order valence-electron chi connectivity index (χ2n) is 5.30. The van der Waals surface area contributed by atoms with Crippen molar-refractivity contribution in [3.05, 3.63) is 80.2 Å². The summed E-state index contributed by atoms with van der Waals surface area (Å²) < 4.78 is 3.20. The van der Waals surface area contributed by atoms with Crippen LogP contribution in [-0.2, 0) is 6.42 Å². The molecule has 0 bridgehead atoms. The Balaban J connectivity index is 1.93. The number of thiophene rings is 1. The lowest BCUT2D eigenvalue weighted by atomic mass is 10.1. The van der Waals surface area contributed by atoms with Crippen molar-refractivity contribution in [3.63, 3.8) is 0 Å². The predicted octanol–water partition coefficient (Wildman–Crippen LogP) is 6.07. The first-order valence-corrected chi connectivity index (χ1v) is 9.25. The quantitative estimate of drug-likeness (QED) is 0.406. The summed E-state index contributed by atoms with van der Waals surface area (Å²) in [6.45, 7) is 0. The van der Waals surface area contributed by atoms with Crippen molar-refractivity contribution in [1.29, 1.82) is 0 Å². The Kier molecular flexibility index (Phi) is 3.97. The Morgan fingerprint density at radius 2 is 1.91 bits per heavy atom. The first-order valence-electron chi connectivity index (χ1n) is 7.14. The average Bonchev–Trinajstić information content (AvgIpc) is 3.17. The number of hydrogen-bond acceptors (Lipinski definition) is 2. The number of benzene rings is 1. The molecule has 1 aromatic carbocycles. The van der Waals surface area contributed by atoms with Gasteiger partial charge < -0.3 is 4.40 Å². The molecule has 3 heterocycles. The van der Waals surface area contributed by atoms with Crippen molar-refractivity contribution in [2.75, 3.05) is 0 Å². The molecule has 4 rings (SSSR count). The minimum atomic E-state index is 0.736. The van der Waals surface area contributed by atoms with Crippen molar-refractivity contribution >= 4 is 44.5 Å². The Morgan fingerprint density at radius 3 is 2.65 bits per heavy atom. The Bertz CT molecular complexity index is 959. The van der Waals surface area contributed by atoms with Gasteiger partial charge in [-0.3, -0.25) is 0 Å². The number of halogens is 2. The van der Waals surface area contributed by atoms with Gasteiger partial charge in [-0.2, -0.15) is 11.3 Å². The molecule has 0 saturated carbocycles. The SMILES string of the molecule is Clc1ccc(-c2nc3ccc(Br)cn3c2Cc2ccsc2)cc1. The van der Waals surface area contributed by atoms with Crippen LogP contribution in [0.15, 0.2) is 63.9 Å². The van der Waals surface area contributed by atoms with Crippen LogP contribution in [0, 0.1) is 0 Å². The van der Waals surface area contributed by atoms with Gasteiger partial charge in [0.05, 0.1) is 11.4 Å². The lowest BCUT2D eigenvalue weighted by Crippen LogP contribution is -1.95. The van der Waals surface area contributed by atoms with Crippen molar-refractivity contribution in [3.8, 4) is 11.3 Å². The van der Waals surface area contributed by atoms with E-state index >= 15 is 0 Å². The smallest absolute Gasteiger partial charge is 0.137 e. The third-order valence-corrected chi connectivity index (χ3v) is 5.20. The number of imidazole rings is 1. The lowest BCUT2D eigenvalue weighted by molar-refractivity contribution is 1.03. The standard InChI is InChI=1S/C18H12BrClN2S/c19-14-3-6-17-21-18(13-1-4-15(20)5-2-13)16(22(17)10-14)9-12-7-8-23-11-12/h1-8,10-11H,9H2. The molecule has 0 aliphatic rings. The zero-order valence-corrected chi connectivity index (χ0v) is 15.2. The van der Waals surface area contributed by atoms with Crippen LogP contribution in [-0.4, -0.2) is 9.38 Å². The monoisotopic (exact) mass is 402 g/mol. The predicted molar refractivity (Wildman–Crippen MR) is 100 cm³/mol. The minimum Gasteiger partial charge on any atom is -0.302 e. The van der Waals surface area contributed by atoms with Gasteiger partial charge in [-0.25, -0.2) is 4.98 Å². The number of hydrogen-bond donors (Lipinski definition) is 0. The van der Waals surface area contributed by atoms with Crippen LogP contribution in [0.5, 0.6) is 0 Å². The molecule has 0 radical (unpaired) electrons. The number of nitrogens with zero attached hydrogens (tertiary/aromatic N) is 2. The summed E-state index contributed by atoms with van der Waals surface area (Å²) >= 11 is 11.3. The Hall–Kier alpha value is -1.62. The van der Waals surface area contributed by atoms with Gasteiger partial charge in [0.1, 0.15) is 5.65 Å². The molecule has 0 spiro atoms. The second-order valence-corrected chi connectivity index (χ2v) is 7.43. The van der Waals surface area contributed by atoms with Crippen LogP contribution in [0.4, 0.5) is 0 Å². The van der Waals surface area contributed by atoms with E-state index in [1.54, 1.807) is 11.3 Å². The highest BCUT2D eigenvalue weighted by molar-refractivity contribution is 9.10. The van der Waals surface area contributed by atoms with E-state index in [2.05, 4.69) is 43.4 Å². The topological polar surface area (TPSA) is 17.3 Å². The van der Waals surface area contributed by atoms with Gasteiger partial charge in [-0.1, -0.05) is 23.7 Å². The maximum Gasteiger partial charge on any atom is 0.137 e. The van der Waals surface area contributed by atoms with Gasteiger partial charge in [-0.15, -0.1) is 0 Å². The molecule has 0 fully saturated rings. The maximum absolute atomic E-state index is 6.02. The second kappa shape index (κ2) is 6.11. The highest BCUT2D eigenvalue weighted by Crippen LogP contribution is 2.29. The van der Waals surface area contributed by atoms with Crippen molar-refractivity contribution in [1.82, 2.24) is 9.38 Å². The fraction of sp³-hybridized carbons (Fsp3) is 0.0556. The average molecular weight is 404 g/mol. The van der Waals surface area contributed by atoms with Gasteiger partial charge in [0.2, 0.25) is 0 Å². The molecular weight excluding hydrogens is 392 g/mol. The summed E-state index contributed by atoms with van der Waals surface area (Å²) in [5.41, 5.74) is 5.52. The molecule has 0 amide bonds. The maximum atomic E-state index is 6.02. The molecule has 4 aromatic rings. The summed E-state index contributed by atoms with van der Waals surface area (Å²) in [4.78, 5) is 4.84. The number of aromatic nitrogens is 2. The van der Waals surface area contributed by atoms with Gasteiger partial charge in [0.15, 0.2) is 0 Å². The minimum absolute atomic E-state index is 0.736. The molecule has 0 saturated heterocycles. The fourth-order valence-corrected chi connectivity index (χ4v) is 3.79. The van der Waals surface area contributed by atoms with Crippen molar-refractivity contribution in [2.45, 2.75) is 6.42 Å². The van der Waals surface area contributed by atoms with Gasteiger partial charge >= 0.3 is 0 Å². The van der Waals surface area contributed by atoms with Gasteiger partial charge in [-0.05, 0) is 62.6 Å². The van der Waals surface area contributed by atoms with E-state index in [9.17, 15) is 0 Å². The van der Waals surface area contributed by atoms with E-state index < -0.39 is 0 Å². The Morgan fingerprint density at radius 1 is 1.09 bits per heavy atom. The zero-order valence-electron chi connectivity index (χ0n) is 12.0. The van der Waals surface area contributed by atoms with E-state index in [-0.39, 0.29) is 0 Å². The fourth-order valence-electron chi connectivity index (χ4n) is 2.66. The first-order chi connectivity index (χ1) is 11.2. The molecule has 0 N–H and O–H groups in total. The molecule has 5 heteroatoms. The summed E-state index contributed by atoms with van der Waals surface area (Å²) in [6.07, 6.45) is 2.92. The van der Waals surface area contributed by atoms with Crippen molar-refractivity contribution < 1.29 is 0 Å². The third-order valence-electron chi connectivity index (χ3n) is 3.75. The van der Waals surface area contributed by atoms with Crippen LogP contribution in [0.25, 0.3) is 16.9 Å². The largest absolute Gasteiger partial charge is 0.302 e. The van der Waals surface area contributed by atoms with Crippen molar-refractivity contribution in [2.24, 2.45) is 0 Å². The molecule has 0 aliphatic heterocycles. The van der Waals surface area contributed by atoms with Gasteiger partial charge in [0.25, 0.3) is 0 Å². The van der Waals surface area contributed by atoms with Crippen LogP contribution < -0.4 is 0 Å². The third kappa shape index (κ3) is 2.94. The van der Waals surface area contributed by atoms with Crippen LogP contribution in [0.2, 0.25) is 5.02 Å². The molecule has 0 unspecified atom stereocenters. The summed E-state index contributed by atoms with van der Waals surface area (Å²) in [5, 5.41) is 5.03. The molecule has 3 aromatic heterocycles. The molecule has 2 nitrogen and oxygen atoms in total. The molecule has 114 valence electrons. The highest BCUT2D eigenvalue weighted by atomic mass is 79.9. The zero-order chi connectivity index (χ0) is 15.8. The van der Waals surface area contributed by atoms with Crippen LogP contribution in [0.3, 0.4) is 0 Å². The first kappa shape index (κ1) is 14.9. The van der Waals surface area contributed by atoms with Crippen LogP contribution >= 0.6 is 38.9 Å². The molecule has 0 atom stereocenters. The van der Waals surface area contributed by atoms with E-state index in [0.717, 1.165) is 32.8 Å². The number of fused-ring (bicyclic) bond motifs is 1. The van der Waals surface area contributed by atoms with Crippen LogP contribution in [0.1, 0.15) is 11.3 Å². The number of rotatable bonds is 3. The van der Waals surface area contributed by atoms with E-state index in [4.69, 9.17) is 16.6 Å². The van der Waals surface area contributed by atoms with E-state index in [0.29, 0.717) is 0 Å².